The molecule has 0 atom stereocenters. The smallest absolute Gasteiger partial charge is 0.416 e. The lowest BCUT2D eigenvalue weighted by atomic mass is 10.00. The number of hydrogen-bond donors (Lipinski definition) is 0. The maximum Gasteiger partial charge on any atom is 0.416 e. The molecule has 0 aliphatic carbocycles. The van der Waals surface area contributed by atoms with Gasteiger partial charge in [0.15, 0.2) is 0 Å². The van der Waals surface area contributed by atoms with Crippen LogP contribution >= 0.6 is 0 Å². The maximum absolute atomic E-state index is 13.6. The second kappa shape index (κ2) is 13.0. The van der Waals surface area contributed by atoms with Crippen molar-refractivity contribution in [1.29, 1.82) is 0 Å². The maximum atomic E-state index is 13.6. The van der Waals surface area contributed by atoms with Gasteiger partial charge in [-0.25, -0.2) is 4.98 Å². The van der Waals surface area contributed by atoms with Crippen LogP contribution in [0.4, 0.5) is 13.2 Å². The molecule has 9 heteroatoms. The Morgan fingerprint density at radius 1 is 0.951 bits per heavy atom. The summed E-state index contributed by atoms with van der Waals surface area (Å²) in [6.45, 7) is 6.12. The van der Waals surface area contributed by atoms with Gasteiger partial charge in [0.05, 0.1) is 18.8 Å². The fourth-order valence-electron chi connectivity index (χ4n) is 5.65. The molecule has 1 amide bonds. The van der Waals surface area contributed by atoms with E-state index in [-0.39, 0.29) is 30.7 Å². The lowest BCUT2D eigenvalue weighted by Crippen LogP contribution is -2.46. The molecule has 5 rings (SSSR count). The van der Waals surface area contributed by atoms with E-state index in [0.29, 0.717) is 42.4 Å². The summed E-state index contributed by atoms with van der Waals surface area (Å²) in [6.07, 6.45) is -0.159. The number of carbonyl (C=O) groups is 1. The Bertz CT molecular complexity index is 1320. The molecule has 41 heavy (non-hydrogen) atoms. The highest BCUT2D eigenvalue weighted by Crippen LogP contribution is 2.36. The van der Waals surface area contributed by atoms with Crippen molar-refractivity contribution in [2.24, 2.45) is 0 Å². The van der Waals surface area contributed by atoms with E-state index in [4.69, 9.17) is 9.47 Å². The number of ether oxygens (including phenoxy) is 2. The van der Waals surface area contributed by atoms with Crippen molar-refractivity contribution in [3.8, 4) is 17.0 Å². The number of rotatable bonds is 9. The van der Waals surface area contributed by atoms with Gasteiger partial charge in [-0.05, 0) is 80.6 Å². The summed E-state index contributed by atoms with van der Waals surface area (Å²) in [5.74, 6) is -0.0586. The molecule has 2 aliphatic rings. The van der Waals surface area contributed by atoms with Crippen LogP contribution in [-0.2, 0) is 17.5 Å². The van der Waals surface area contributed by atoms with Crippen molar-refractivity contribution in [2.75, 3.05) is 39.4 Å². The molecule has 3 heterocycles. The molecule has 2 aliphatic heterocycles. The number of pyridine rings is 1. The Morgan fingerprint density at radius 3 is 2.39 bits per heavy atom. The van der Waals surface area contributed by atoms with Crippen LogP contribution in [0.2, 0.25) is 0 Å². The first-order valence-corrected chi connectivity index (χ1v) is 14.3. The molecule has 2 fully saturated rings. The van der Waals surface area contributed by atoms with Crippen molar-refractivity contribution >= 4 is 5.91 Å². The zero-order chi connectivity index (χ0) is 28.8. The Balaban J connectivity index is 1.34. The molecule has 0 radical (unpaired) electrons. The fraction of sp³-hybridized carbons (Fsp3) is 0.438. The second-order valence-corrected chi connectivity index (χ2v) is 10.7. The molecule has 0 unspecified atom stereocenters. The molecule has 0 saturated carbocycles. The Morgan fingerprint density at radius 2 is 1.68 bits per heavy atom. The van der Waals surface area contributed by atoms with Crippen LogP contribution in [0.3, 0.4) is 0 Å². The minimum absolute atomic E-state index is 0.119. The van der Waals surface area contributed by atoms with E-state index >= 15 is 0 Å². The van der Waals surface area contributed by atoms with E-state index in [1.165, 1.54) is 18.9 Å². The first-order valence-electron chi connectivity index (χ1n) is 14.3. The number of likely N-dealkylation sites (tertiary alicyclic amines) is 2. The van der Waals surface area contributed by atoms with E-state index in [1.807, 2.05) is 35.2 Å². The predicted molar refractivity (Wildman–Crippen MR) is 151 cm³/mol. The van der Waals surface area contributed by atoms with Crippen molar-refractivity contribution in [3.05, 3.63) is 83.0 Å². The summed E-state index contributed by atoms with van der Waals surface area (Å²) in [5, 5.41) is 0. The monoisotopic (exact) mass is 567 g/mol. The molecular weight excluding hydrogens is 531 g/mol. The summed E-state index contributed by atoms with van der Waals surface area (Å²) in [5.41, 5.74) is 1.84. The van der Waals surface area contributed by atoms with Gasteiger partial charge in [0.2, 0.25) is 5.88 Å². The summed E-state index contributed by atoms with van der Waals surface area (Å²) >= 11 is 0. The number of alkyl halides is 3. The van der Waals surface area contributed by atoms with E-state index in [2.05, 4.69) is 9.88 Å². The highest BCUT2D eigenvalue weighted by atomic mass is 19.4. The highest BCUT2D eigenvalue weighted by molar-refractivity contribution is 5.94. The number of amides is 1. The van der Waals surface area contributed by atoms with Crippen molar-refractivity contribution in [2.45, 2.75) is 51.4 Å². The van der Waals surface area contributed by atoms with E-state index in [1.54, 1.807) is 19.1 Å². The van der Waals surface area contributed by atoms with Crippen LogP contribution in [-0.4, -0.2) is 66.1 Å². The normalized spacial score (nSPS) is 16.7. The number of benzene rings is 2. The van der Waals surface area contributed by atoms with Crippen molar-refractivity contribution in [1.82, 2.24) is 14.8 Å². The van der Waals surface area contributed by atoms with Gasteiger partial charge in [0, 0.05) is 24.7 Å². The second-order valence-electron chi connectivity index (χ2n) is 10.7. The third kappa shape index (κ3) is 7.26. The quantitative estimate of drug-likeness (QED) is 0.281. The first-order chi connectivity index (χ1) is 19.8. The summed E-state index contributed by atoms with van der Waals surface area (Å²) in [6, 6.07) is 17.0. The lowest BCUT2D eigenvalue weighted by molar-refractivity contribution is -0.137. The molecule has 6 nitrogen and oxygen atoms in total. The van der Waals surface area contributed by atoms with Crippen LogP contribution < -0.4 is 4.74 Å². The zero-order valence-electron chi connectivity index (χ0n) is 23.3. The third-order valence-corrected chi connectivity index (χ3v) is 7.87. The van der Waals surface area contributed by atoms with Gasteiger partial charge in [-0.1, -0.05) is 42.5 Å². The predicted octanol–water partition coefficient (Wildman–Crippen LogP) is 6.37. The zero-order valence-corrected chi connectivity index (χ0v) is 23.3. The van der Waals surface area contributed by atoms with Crippen LogP contribution in [0, 0.1) is 6.92 Å². The van der Waals surface area contributed by atoms with Crippen LogP contribution in [0.1, 0.15) is 52.9 Å². The molecule has 2 aromatic carbocycles. The Labute approximate surface area is 239 Å². The Kier molecular flexibility index (Phi) is 9.25. The SMILES string of the molecule is Cc1cc(-c2cccc(C(F)(F)F)c2)c(OCCOCc2ccccc2)nc1C(=O)N1CCC(N2CCCC2)CC1. The van der Waals surface area contributed by atoms with E-state index < -0.39 is 11.7 Å². The number of halogens is 3. The summed E-state index contributed by atoms with van der Waals surface area (Å²) in [4.78, 5) is 22.6. The van der Waals surface area contributed by atoms with Gasteiger partial charge in [-0.2, -0.15) is 13.2 Å². The minimum Gasteiger partial charge on any atom is -0.475 e. The van der Waals surface area contributed by atoms with Crippen LogP contribution in [0.15, 0.2) is 60.7 Å². The number of aromatic nitrogens is 1. The average molecular weight is 568 g/mol. The van der Waals surface area contributed by atoms with Crippen molar-refractivity contribution < 1.29 is 27.4 Å². The fourth-order valence-corrected chi connectivity index (χ4v) is 5.65. The molecule has 2 saturated heterocycles. The molecule has 0 N–H and O–H groups in total. The number of nitrogens with zero attached hydrogens (tertiary/aromatic N) is 3. The molecular formula is C32H36F3N3O3. The molecule has 0 spiro atoms. The van der Waals surface area contributed by atoms with Gasteiger partial charge in [0.1, 0.15) is 12.3 Å². The largest absolute Gasteiger partial charge is 0.475 e. The average Bonchev–Trinajstić information content (AvgIpc) is 3.53. The molecule has 0 bridgehead atoms. The van der Waals surface area contributed by atoms with Gasteiger partial charge < -0.3 is 19.3 Å². The number of hydrogen-bond acceptors (Lipinski definition) is 5. The summed E-state index contributed by atoms with van der Waals surface area (Å²) in [7, 11) is 0. The van der Waals surface area contributed by atoms with E-state index in [9.17, 15) is 18.0 Å². The minimum atomic E-state index is -4.48. The van der Waals surface area contributed by atoms with Gasteiger partial charge in [0.25, 0.3) is 5.91 Å². The molecule has 3 aromatic rings. The van der Waals surface area contributed by atoms with E-state index in [0.717, 1.165) is 43.6 Å². The van der Waals surface area contributed by atoms with Crippen molar-refractivity contribution in [3.63, 3.8) is 0 Å². The standard InChI is InChI=1S/C32H36F3N3O3/c1-23-20-28(25-10-7-11-26(21-25)32(33,34)35)30(41-19-18-40-22-24-8-3-2-4-9-24)36-29(23)31(39)38-16-12-27(13-17-38)37-14-5-6-15-37/h2-4,7-11,20-21,27H,5-6,12-19,22H2,1H3. The number of carbonyl (C=O) groups excluding carboxylic acids is 1. The highest BCUT2D eigenvalue weighted by Gasteiger charge is 2.32. The molecule has 1 aromatic heterocycles. The number of aryl methyl sites for hydroxylation is 1. The third-order valence-electron chi connectivity index (χ3n) is 7.87. The van der Waals surface area contributed by atoms with Crippen LogP contribution in [0.5, 0.6) is 5.88 Å². The topological polar surface area (TPSA) is 54.9 Å². The molecule has 218 valence electrons. The van der Waals surface area contributed by atoms with Gasteiger partial charge in [-0.3, -0.25) is 4.79 Å². The van der Waals surface area contributed by atoms with Crippen LogP contribution in [0.25, 0.3) is 11.1 Å². The summed E-state index contributed by atoms with van der Waals surface area (Å²) < 4.78 is 52.1. The van der Waals surface area contributed by atoms with Gasteiger partial charge in [-0.15, -0.1) is 0 Å². The first kappa shape index (κ1) is 29.1. The Hall–Kier alpha value is -3.43. The van der Waals surface area contributed by atoms with Gasteiger partial charge >= 0.3 is 6.18 Å². The lowest BCUT2D eigenvalue weighted by Gasteiger charge is -2.36. The number of piperidine rings is 1.